The molecule has 7 heteroatoms. The van der Waals surface area contributed by atoms with E-state index in [9.17, 15) is 9.59 Å². The molecule has 0 radical (unpaired) electrons. The Labute approximate surface area is 169 Å². The number of Topliss-reactive ketones (excluding diaryl/α,β-unsaturated/α-hetero) is 1. The van der Waals surface area contributed by atoms with Gasteiger partial charge >= 0.3 is 0 Å². The average molecular weight is 389 g/mol. The van der Waals surface area contributed by atoms with Crippen LogP contribution in [0.3, 0.4) is 0 Å². The molecule has 0 atom stereocenters. The van der Waals surface area contributed by atoms with Crippen molar-refractivity contribution in [3.63, 3.8) is 0 Å². The summed E-state index contributed by atoms with van der Waals surface area (Å²) in [6.07, 6.45) is 0. The van der Waals surface area contributed by atoms with Gasteiger partial charge in [0.25, 0.3) is 5.91 Å². The molecule has 4 rings (SSSR count). The second-order valence-corrected chi connectivity index (χ2v) is 7.27. The summed E-state index contributed by atoms with van der Waals surface area (Å²) < 4.78 is 0. The largest absolute Gasteiger partial charge is 0.352 e. The fourth-order valence-electron chi connectivity index (χ4n) is 3.39. The molecule has 1 saturated heterocycles. The third kappa shape index (κ3) is 4.09. The number of likely N-dealkylation sites (N-methyl/N-ethyl adjacent to an activating group) is 1. The summed E-state index contributed by atoms with van der Waals surface area (Å²) in [7, 11) is 2.08. The quantitative estimate of drug-likeness (QED) is 0.692. The van der Waals surface area contributed by atoms with Gasteiger partial charge in [0.15, 0.2) is 17.3 Å². The molecular weight excluding hydrogens is 366 g/mol. The molecule has 1 N–H and O–H groups in total. The van der Waals surface area contributed by atoms with Gasteiger partial charge in [-0.15, -0.1) is 0 Å². The predicted molar refractivity (Wildman–Crippen MR) is 114 cm³/mol. The molecule has 7 nitrogen and oxygen atoms in total. The molecule has 29 heavy (non-hydrogen) atoms. The van der Waals surface area contributed by atoms with Gasteiger partial charge in [-0.2, -0.15) is 0 Å². The Hall–Kier alpha value is -3.32. The number of ketones is 1. The van der Waals surface area contributed by atoms with Gasteiger partial charge in [-0.25, -0.2) is 9.97 Å². The van der Waals surface area contributed by atoms with Crippen LogP contribution in [0.1, 0.15) is 27.8 Å². The van der Waals surface area contributed by atoms with Crippen LogP contribution in [0.25, 0.3) is 11.0 Å². The van der Waals surface area contributed by atoms with Crippen molar-refractivity contribution in [1.29, 1.82) is 0 Å². The number of nitrogens with zero attached hydrogens (tertiary/aromatic N) is 4. The first-order valence-corrected chi connectivity index (χ1v) is 9.64. The number of hydrogen-bond donors (Lipinski definition) is 1. The first-order valence-electron chi connectivity index (χ1n) is 9.64. The summed E-state index contributed by atoms with van der Waals surface area (Å²) in [5.41, 5.74) is 2.83. The van der Waals surface area contributed by atoms with Crippen molar-refractivity contribution in [3.8, 4) is 0 Å². The van der Waals surface area contributed by atoms with E-state index < -0.39 is 0 Å². The Kier molecular flexibility index (Phi) is 5.22. The van der Waals surface area contributed by atoms with Crippen LogP contribution in [-0.2, 0) is 0 Å². The minimum Gasteiger partial charge on any atom is -0.352 e. The summed E-state index contributed by atoms with van der Waals surface area (Å²) in [6, 6.07) is 14.5. The molecule has 1 amide bonds. The third-order valence-corrected chi connectivity index (χ3v) is 5.10. The summed E-state index contributed by atoms with van der Waals surface area (Å²) in [5.74, 6) is 0.208. The molecule has 0 saturated carbocycles. The average Bonchev–Trinajstić information content (AvgIpc) is 2.73. The number of anilines is 2. The number of nitrogens with one attached hydrogen (secondary N) is 1. The highest BCUT2D eigenvalue weighted by atomic mass is 16.2. The molecule has 2 heterocycles. The lowest BCUT2D eigenvalue weighted by molar-refractivity contribution is 0.100. The molecule has 0 aliphatic carbocycles. The molecular formula is C22H23N5O2. The van der Waals surface area contributed by atoms with Crippen LogP contribution in [0.15, 0.2) is 48.5 Å². The number of para-hydroxylation sites is 2. The second kappa shape index (κ2) is 7.97. The van der Waals surface area contributed by atoms with E-state index in [1.165, 1.54) is 6.92 Å². The normalized spacial score (nSPS) is 14.8. The first-order chi connectivity index (χ1) is 14.0. The predicted octanol–water partition coefficient (Wildman–Crippen LogP) is 2.84. The maximum Gasteiger partial charge on any atom is 0.278 e. The van der Waals surface area contributed by atoms with E-state index in [1.54, 1.807) is 24.3 Å². The zero-order valence-electron chi connectivity index (χ0n) is 16.6. The molecule has 3 aromatic rings. The lowest BCUT2D eigenvalue weighted by Crippen LogP contribution is -2.45. The van der Waals surface area contributed by atoms with Crippen molar-refractivity contribution in [1.82, 2.24) is 14.9 Å². The number of aromatic nitrogens is 2. The van der Waals surface area contributed by atoms with Gasteiger partial charge < -0.3 is 15.1 Å². The van der Waals surface area contributed by atoms with E-state index in [0.717, 1.165) is 31.7 Å². The Morgan fingerprint density at radius 2 is 1.62 bits per heavy atom. The molecule has 1 aromatic heterocycles. The molecule has 0 bridgehead atoms. The summed E-state index contributed by atoms with van der Waals surface area (Å²) in [5, 5.41) is 2.88. The smallest absolute Gasteiger partial charge is 0.278 e. The lowest BCUT2D eigenvalue weighted by atomic mass is 10.1. The van der Waals surface area contributed by atoms with Gasteiger partial charge in [0.05, 0.1) is 11.0 Å². The zero-order valence-corrected chi connectivity index (χ0v) is 16.6. The topological polar surface area (TPSA) is 78.4 Å². The van der Waals surface area contributed by atoms with Crippen molar-refractivity contribution in [2.75, 3.05) is 43.4 Å². The Bertz CT molecular complexity index is 1070. The highest BCUT2D eigenvalue weighted by Crippen LogP contribution is 2.23. The maximum atomic E-state index is 13.1. The second-order valence-electron chi connectivity index (χ2n) is 7.27. The highest BCUT2D eigenvalue weighted by molar-refractivity contribution is 6.07. The molecule has 2 aromatic carbocycles. The van der Waals surface area contributed by atoms with E-state index in [1.807, 2.05) is 24.3 Å². The minimum absolute atomic E-state index is 0.0512. The summed E-state index contributed by atoms with van der Waals surface area (Å²) >= 11 is 0. The van der Waals surface area contributed by atoms with E-state index in [2.05, 4.69) is 27.1 Å². The van der Waals surface area contributed by atoms with Crippen molar-refractivity contribution < 1.29 is 9.59 Å². The molecule has 1 aliphatic heterocycles. The number of rotatable bonds is 4. The third-order valence-electron chi connectivity index (χ3n) is 5.10. The van der Waals surface area contributed by atoms with Gasteiger partial charge in [-0.05, 0) is 38.2 Å². The minimum atomic E-state index is -0.335. The maximum absolute atomic E-state index is 13.1. The van der Waals surface area contributed by atoms with E-state index in [-0.39, 0.29) is 11.7 Å². The Morgan fingerprint density at radius 1 is 0.931 bits per heavy atom. The number of carbonyl (C=O) groups excluding carboxylic acids is 2. The van der Waals surface area contributed by atoms with Gasteiger partial charge in [0, 0.05) is 37.4 Å². The number of piperazine rings is 1. The van der Waals surface area contributed by atoms with Crippen molar-refractivity contribution in [2.45, 2.75) is 6.92 Å². The summed E-state index contributed by atoms with van der Waals surface area (Å²) in [4.78, 5) is 38.5. The van der Waals surface area contributed by atoms with E-state index in [4.69, 9.17) is 4.98 Å². The van der Waals surface area contributed by atoms with Gasteiger partial charge in [-0.3, -0.25) is 9.59 Å². The van der Waals surface area contributed by atoms with Crippen LogP contribution in [-0.4, -0.2) is 59.8 Å². The number of amides is 1. The van der Waals surface area contributed by atoms with Crippen molar-refractivity contribution in [3.05, 3.63) is 59.8 Å². The van der Waals surface area contributed by atoms with Crippen LogP contribution < -0.4 is 10.2 Å². The van der Waals surface area contributed by atoms with E-state index >= 15 is 0 Å². The SMILES string of the molecule is CC(=O)c1cccc(NC(=O)c2nc3ccccc3nc2N2CCN(C)CC2)c1. The van der Waals surface area contributed by atoms with E-state index in [0.29, 0.717) is 28.3 Å². The molecule has 1 aliphatic rings. The van der Waals surface area contributed by atoms with Crippen molar-refractivity contribution >= 4 is 34.2 Å². The fourth-order valence-corrected chi connectivity index (χ4v) is 3.39. The number of carbonyl (C=O) groups is 2. The van der Waals surface area contributed by atoms with Gasteiger partial charge in [-0.1, -0.05) is 24.3 Å². The monoisotopic (exact) mass is 389 g/mol. The molecule has 0 spiro atoms. The van der Waals surface area contributed by atoms with Gasteiger partial charge in [0.2, 0.25) is 0 Å². The van der Waals surface area contributed by atoms with Crippen LogP contribution in [0.5, 0.6) is 0 Å². The Balaban J connectivity index is 1.71. The molecule has 0 unspecified atom stereocenters. The fraction of sp³-hybridized carbons (Fsp3) is 0.273. The zero-order chi connectivity index (χ0) is 20.4. The standard InChI is InChI=1S/C22H23N5O2/c1-15(28)16-6-5-7-17(14-16)23-22(29)20-21(27-12-10-26(2)11-13-27)25-19-9-4-3-8-18(19)24-20/h3-9,14H,10-13H2,1-2H3,(H,23,29). The number of benzene rings is 2. The summed E-state index contributed by atoms with van der Waals surface area (Å²) in [6.45, 7) is 4.86. The lowest BCUT2D eigenvalue weighted by Gasteiger charge is -2.33. The number of hydrogen-bond acceptors (Lipinski definition) is 6. The highest BCUT2D eigenvalue weighted by Gasteiger charge is 2.24. The van der Waals surface area contributed by atoms with Crippen LogP contribution in [0.2, 0.25) is 0 Å². The number of fused-ring (bicyclic) bond motifs is 1. The van der Waals surface area contributed by atoms with Crippen LogP contribution >= 0.6 is 0 Å². The first kappa shape index (κ1) is 19.0. The molecule has 1 fully saturated rings. The van der Waals surface area contributed by atoms with Crippen LogP contribution in [0.4, 0.5) is 11.5 Å². The molecule has 148 valence electrons. The van der Waals surface area contributed by atoms with Crippen molar-refractivity contribution in [2.24, 2.45) is 0 Å². The Morgan fingerprint density at radius 3 is 2.31 bits per heavy atom. The van der Waals surface area contributed by atoms with Gasteiger partial charge in [0.1, 0.15) is 0 Å². The van der Waals surface area contributed by atoms with Crippen LogP contribution in [0, 0.1) is 0 Å².